The average molecular weight is 161 g/mol. The molecular weight excluding hydrogens is 152 g/mol. The third kappa shape index (κ3) is 1.95. The lowest BCUT2D eigenvalue weighted by molar-refractivity contribution is 0.414. The van der Waals surface area contributed by atoms with Gasteiger partial charge < -0.3 is 4.74 Å². The SMILES string of the molecule is COc1ccccc1/C=C/[C]=O. The highest BCUT2D eigenvalue weighted by Gasteiger charge is 1.94. The molecule has 0 saturated heterocycles. The van der Waals surface area contributed by atoms with Gasteiger partial charge in [0.15, 0.2) is 0 Å². The van der Waals surface area contributed by atoms with Crippen LogP contribution in [0.25, 0.3) is 6.08 Å². The zero-order valence-electron chi connectivity index (χ0n) is 6.78. The van der Waals surface area contributed by atoms with Crippen molar-refractivity contribution < 1.29 is 9.53 Å². The summed E-state index contributed by atoms with van der Waals surface area (Å²) in [4.78, 5) is 9.93. The van der Waals surface area contributed by atoms with Crippen molar-refractivity contribution in [3.05, 3.63) is 35.9 Å². The molecule has 0 spiro atoms. The van der Waals surface area contributed by atoms with Crippen LogP contribution in [0.4, 0.5) is 0 Å². The normalized spacial score (nSPS) is 10.1. The van der Waals surface area contributed by atoms with Crippen LogP contribution in [0, 0.1) is 0 Å². The zero-order valence-corrected chi connectivity index (χ0v) is 6.78. The van der Waals surface area contributed by atoms with Crippen LogP contribution in [0.15, 0.2) is 30.3 Å². The molecule has 0 aliphatic rings. The predicted octanol–water partition coefficient (Wildman–Crippen LogP) is 1.82. The summed E-state index contributed by atoms with van der Waals surface area (Å²) >= 11 is 0. The van der Waals surface area contributed by atoms with Gasteiger partial charge in [-0.3, -0.25) is 4.79 Å². The highest BCUT2D eigenvalue weighted by Crippen LogP contribution is 2.17. The first-order chi connectivity index (χ1) is 5.88. The number of carbonyl (C=O) groups excluding carboxylic acids is 1. The second-order valence-corrected chi connectivity index (χ2v) is 2.19. The molecular formula is C10H9O2. The Hall–Kier alpha value is -1.57. The Labute approximate surface area is 71.5 Å². The van der Waals surface area contributed by atoms with Gasteiger partial charge in [0.2, 0.25) is 6.29 Å². The third-order valence-corrected chi connectivity index (χ3v) is 1.47. The lowest BCUT2D eigenvalue weighted by Crippen LogP contribution is -1.85. The van der Waals surface area contributed by atoms with Gasteiger partial charge >= 0.3 is 0 Å². The van der Waals surface area contributed by atoms with Gasteiger partial charge in [-0.25, -0.2) is 0 Å². The fraction of sp³-hybridized carbons (Fsp3) is 0.100. The molecule has 0 atom stereocenters. The number of allylic oxidation sites excluding steroid dienone is 1. The minimum absolute atomic E-state index is 0.754. The van der Waals surface area contributed by atoms with Crippen LogP contribution in [0.3, 0.4) is 0 Å². The number of benzene rings is 1. The van der Waals surface area contributed by atoms with Crippen molar-refractivity contribution >= 4 is 12.4 Å². The first kappa shape index (κ1) is 8.53. The van der Waals surface area contributed by atoms with Crippen LogP contribution in [0.2, 0.25) is 0 Å². The van der Waals surface area contributed by atoms with Gasteiger partial charge in [0.25, 0.3) is 0 Å². The first-order valence-electron chi connectivity index (χ1n) is 3.55. The van der Waals surface area contributed by atoms with E-state index in [1.807, 2.05) is 24.3 Å². The van der Waals surface area contributed by atoms with Crippen molar-refractivity contribution in [1.29, 1.82) is 0 Å². The van der Waals surface area contributed by atoms with E-state index in [0.717, 1.165) is 11.3 Å². The van der Waals surface area contributed by atoms with E-state index >= 15 is 0 Å². The minimum Gasteiger partial charge on any atom is -0.496 e. The maximum Gasteiger partial charge on any atom is 0.225 e. The molecule has 0 fully saturated rings. The fourth-order valence-electron chi connectivity index (χ4n) is 0.928. The Kier molecular flexibility index (Phi) is 3.08. The highest BCUT2D eigenvalue weighted by atomic mass is 16.5. The minimum atomic E-state index is 0.754. The molecule has 0 heterocycles. The summed E-state index contributed by atoms with van der Waals surface area (Å²) in [5.74, 6) is 0.754. The van der Waals surface area contributed by atoms with E-state index in [1.54, 1.807) is 19.5 Å². The fourth-order valence-corrected chi connectivity index (χ4v) is 0.928. The number of methoxy groups -OCH3 is 1. The molecule has 0 bridgehead atoms. The molecule has 1 radical (unpaired) electrons. The Morgan fingerprint density at radius 2 is 2.17 bits per heavy atom. The number of rotatable bonds is 3. The molecule has 0 unspecified atom stereocenters. The molecule has 0 amide bonds. The molecule has 2 nitrogen and oxygen atoms in total. The number of para-hydroxylation sites is 1. The molecule has 61 valence electrons. The van der Waals surface area contributed by atoms with Crippen molar-refractivity contribution in [2.24, 2.45) is 0 Å². The monoisotopic (exact) mass is 161 g/mol. The van der Waals surface area contributed by atoms with Gasteiger partial charge in [-0.2, -0.15) is 0 Å². The summed E-state index contributed by atoms with van der Waals surface area (Å²) in [6.07, 6.45) is 4.66. The second kappa shape index (κ2) is 4.34. The van der Waals surface area contributed by atoms with Crippen LogP contribution in [0.1, 0.15) is 5.56 Å². The summed E-state index contributed by atoms with van der Waals surface area (Å²) in [6.45, 7) is 0. The largest absolute Gasteiger partial charge is 0.496 e. The summed E-state index contributed by atoms with van der Waals surface area (Å²) < 4.78 is 5.06. The Morgan fingerprint density at radius 3 is 2.83 bits per heavy atom. The quantitative estimate of drug-likeness (QED) is 0.632. The van der Waals surface area contributed by atoms with Crippen molar-refractivity contribution in [3.8, 4) is 5.75 Å². The predicted molar refractivity (Wildman–Crippen MR) is 47.7 cm³/mol. The van der Waals surface area contributed by atoms with Crippen LogP contribution in [-0.2, 0) is 4.79 Å². The molecule has 0 N–H and O–H groups in total. The van der Waals surface area contributed by atoms with Gasteiger partial charge in [-0.1, -0.05) is 18.2 Å². The molecule has 1 rings (SSSR count). The molecule has 0 saturated carbocycles. The molecule has 0 aromatic heterocycles. The summed E-state index contributed by atoms with van der Waals surface area (Å²) in [5.41, 5.74) is 0.878. The van der Waals surface area contributed by atoms with Crippen LogP contribution in [-0.4, -0.2) is 13.4 Å². The second-order valence-electron chi connectivity index (χ2n) is 2.19. The van der Waals surface area contributed by atoms with Crippen LogP contribution in [0.5, 0.6) is 5.75 Å². The van der Waals surface area contributed by atoms with E-state index in [1.165, 1.54) is 6.08 Å². The highest BCUT2D eigenvalue weighted by molar-refractivity contribution is 5.75. The average Bonchev–Trinajstić information content (AvgIpc) is 2.15. The maximum absolute atomic E-state index is 9.93. The Bertz CT molecular complexity index is 290. The van der Waals surface area contributed by atoms with E-state index in [-0.39, 0.29) is 0 Å². The van der Waals surface area contributed by atoms with Crippen molar-refractivity contribution in [1.82, 2.24) is 0 Å². The van der Waals surface area contributed by atoms with Gasteiger partial charge in [0, 0.05) is 5.56 Å². The standard InChI is InChI=1S/C10H9O2/c1-12-10-7-3-2-5-9(10)6-4-8-11/h2-7H,1H3/b6-4+. The van der Waals surface area contributed by atoms with Crippen molar-refractivity contribution in [3.63, 3.8) is 0 Å². The Morgan fingerprint density at radius 1 is 1.42 bits per heavy atom. The van der Waals surface area contributed by atoms with E-state index in [0.29, 0.717) is 0 Å². The molecule has 0 aliphatic heterocycles. The summed E-state index contributed by atoms with van der Waals surface area (Å²) in [6, 6.07) is 7.46. The molecule has 12 heavy (non-hydrogen) atoms. The van der Waals surface area contributed by atoms with Gasteiger partial charge in [0.1, 0.15) is 5.75 Å². The molecule has 0 aliphatic carbocycles. The molecule has 2 heteroatoms. The van der Waals surface area contributed by atoms with E-state index in [4.69, 9.17) is 4.74 Å². The Balaban J connectivity index is 2.96. The van der Waals surface area contributed by atoms with Crippen LogP contribution < -0.4 is 4.74 Å². The van der Waals surface area contributed by atoms with Gasteiger partial charge in [-0.05, 0) is 18.2 Å². The van der Waals surface area contributed by atoms with Crippen molar-refractivity contribution in [2.75, 3.05) is 7.11 Å². The third-order valence-electron chi connectivity index (χ3n) is 1.47. The van der Waals surface area contributed by atoms with E-state index in [2.05, 4.69) is 0 Å². The summed E-state index contributed by atoms with van der Waals surface area (Å²) in [5, 5.41) is 0. The smallest absolute Gasteiger partial charge is 0.225 e. The summed E-state index contributed by atoms with van der Waals surface area (Å²) in [7, 11) is 1.59. The van der Waals surface area contributed by atoms with Crippen LogP contribution >= 0.6 is 0 Å². The molecule has 1 aromatic rings. The number of hydrogen-bond donors (Lipinski definition) is 0. The number of hydrogen-bond acceptors (Lipinski definition) is 2. The first-order valence-corrected chi connectivity index (χ1v) is 3.55. The molecule has 1 aromatic carbocycles. The topological polar surface area (TPSA) is 26.3 Å². The van der Waals surface area contributed by atoms with E-state index in [9.17, 15) is 4.79 Å². The zero-order chi connectivity index (χ0) is 8.81. The number of ether oxygens (including phenoxy) is 1. The lowest BCUT2D eigenvalue weighted by atomic mass is 10.2. The van der Waals surface area contributed by atoms with Gasteiger partial charge in [-0.15, -0.1) is 0 Å². The van der Waals surface area contributed by atoms with E-state index < -0.39 is 0 Å². The maximum atomic E-state index is 9.93. The lowest BCUT2D eigenvalue weighted by Gasteiger charge is -2.02. The van der Waals surface area contributed by atoms with Crippen molar-refractivity contribution in [2.45, 2.75) is 0 Å². The van der Waals surface area contributed by atoms with Gasteiger partial charge in [0.05, 0.1) is 7.11 Å².